The van der Waals surface area contributed by atoms with Gasteiger partial charge >= 0.3 is 0 Å². The molecule has 0 amide bonds. The Morgan fingerprint density at radius 2 is 1.37 bits per heavy atom. The summed E-state index contributed by atoms with van der Waals surface area (Å²) in [6.45, 7) is 6.60. The maximum atomic E-state index is 6.40. The van der Waals surface area contributed by atoms with Gasteiger partial charge in [-0.1, -0.05) is 12.1 Å². The van der Waals surface area contributed by atoms with E-state index in [0.717, 1.165) is 90.0 Å². The van der Waals surface area contributed by atoms with Gasteiger partial charge in [0.25, 0.3) is 0 Å². The van der Waals surface area contributed by atoms with Crippen LogP contribution in [-0.2, 0) is 6.54 Å². The molecule has 8 rings (SSSR count). The summed E-state index contributed by atoms with van der Waals surface area (Å²) in [5, 5.41) is 15.1. The summed E-state index contributed by atoms with van der Waals surface area (Å²) >= 11 is 0. The molecule has 4 aliphatic rings. The molecule has 2 bridgehead atoms. The first-order chi connectivity index (χ1) is 21.1. The van der Waals surface area contributed by atoms with Crippen LogP contribution >= 0.6 is 37.2 Å². The molecule has 0 spiro atoms. The standard InChI is InChI=1S/C35H41N5O3.3ClH/c1-41-28-9-5-26(6-10-28)34-31-12-11-30(42-2)21-32(31)35(38-37-34)36-27-15-19-39(20-16-27)22-24-3-7-29(8-4-24)43-33-23-40-17-13-25(33)14-18-40;;;/h3-12,21,25,27,33H,13-20,22-23H2,1-2H3,(H,36,38);3*1H. The maximum absolute atomic E-state index is 6.40. The number of piperidine rings is 4. The Morgan fingerprint density at radius 3 is 2.00 bits per heavy atom. The summed E-state index contributed by atoms with van der Waals surface area (Å²) in [4.78, 5) is 5.09. The van der Waals surface area contributed by atoms with Crippen molar-refractivity contribution in [1.29, 1.82) is 0 Å². The second-order valence-corrected chi connectivity index (χ2v) is 12.2. The van der Waals surface area contributed by atoms with E-state index in [9.17, 15) is 0 Å². The van der Waals surface area contributed by atoms with Crippen molar-refractivity contribution in [3.63, 3.8) is 0 Å². The number of anilines is 1. The summed E-state index contributed by atoms with van der Waals surface area (Å²) in [6.07, 6.45) is 5.00. The molecular weight excluding hydrogens is 645 g/mol. The van der Waals surface area contributed by atoms with Crippen LogP contribution in [0.3, 0.4) is 0 Å². The zero-order chi connectivity index (χ0) is 29.2. The van der Waals surface area contributed by atoms with Crippen molar-refractivity contribution in [3.05, 3.63) is 72.3 Å². The monoisotopic (exact) mass is 687 g/mol. The molecule has 1 unspecified atom stereocenters. The van der Waals surface area contributed by atoms with Gasteiger partial charge in [0.1, 0.15) is 29.0 Å². The molecule has 0 saturated carbocycles. The van der Waals surface area contributed by atoms with Crippen LogP contribution in [0.15, 0.2) is 66.7 Å². The van der Waals surface area contributed by atoms with Crippen LogP contribution in [0.1, 0.15) is 31.2 Å². The normalized spacial score (nSPS) is 21.0. The summed E-state index contributed by atoms with van der Waals surface area (Å²) in [5.74, 6) is 4.16. The molecule has 3 aromatic carbocycles. The second kappa shape index (κ2) is 16.2. The Balaban J connectivity index is 0.00000160. The van der Waals surface area contributed by atoms with E-state index in [-0.39, 0.29) is 37.2 Å². The van der Waals surface area contributed by atoms with Crippen LogP contribution in [0.4, 0.5) is 5.82 Å². The van der Waals surface area contributed by atoms with Gasteiger partial charge in [0.2, 0.25) is 0 Å². The van der Waals surface area contributed by atoms with Gasteiger partial charge in [-0.05, 0) is 105 Å². The lowest BCUT2D eigenvalue weighted by Crippen LogP contribution is -2.52. The topological polar surface area (TPSA) is 72.0 Å². The van der Waals surface area contributed by atoms with E-state index in [1.165, 1.54) is 31.5 Å². The highest BCUT2D eigenvalue weighted by atomic mass is 35.5. The number of hydrogen-bond acceptors (Lipinski definition) is 8. The molecule has 5 heterocycles. The molecule has 0 aliphatic carbocycles. The molecule has 11 heteroatoms. The average Bonchev–Trinajstić information content (AvgIpc) is 3.07. The molecule has 46 heavy (non-hydrogen) atoms. The number of hydrogen-bond donors (Lipinski definition) is 1. The smallest absolute Gasteiger partial charge is 0.156 e. The second-order valence-electron chi connectivity index (χ2n) is 12.2. The number of methoxy groups -OCH3 is 2. The number of likely N-dealkylation sites (tertiary alicyclic amines) is 1. The Morgan fingerprint density at radius 1 is 0.717 bits per heavy atom. The third-order valence-corrected chi connectivity index (χ3v) is 9.49. The molecule has 4 saturated heterocycles. The largest absolute Gasteiger partial charge is 0.497 e. The van der Waals surface area contributed by atoms with E-state index in [2.05, 4.69) is 61.7 Å². The Bertz CT molecular complexity index is 1540. The first kappa shape index (κ1) is 35.8. The number of rotatable bonds is 9. The minimum atomic E-state index is 0. The van der Waals surface area contributed by atoms with Gasteiger partial charge in [-0.2, -0.15) is 0 Å². The van der Waals surface area contributed by atoms with E-state index >= 15 is 0 Å². The van der Waals surface area contributed by atoms with Crippen molar-refractivity contribution in [2.75, 3.05) is 52.3 Å². The molecule has 1 aromatic heterocycles. The van der Waals surface area contributed by atoms with Gasteiger partial charge in [0, 0.05) is 48.6 Å². The molecule has 0 radical (unpaired) electrons. The molecular formula is C35H44Cl3N5O3. The predicted molar refractivity (Wildman–Crippen MR) is 192 cm³/mol. The summed E-state index contributed by atoms with van der Waals surface area (Å²) in [6, 6.07) is 23.2. The lowest BCUT2D eigenvalue weighted by atomic mass is 9.86. The van der Waals surface area contributed by atoms with Crippen LogP contribution in [0.2, 0.25) is 0 Å². The number of nitrogens with zero attached hydrogens (tertiary/aromatic N) is 4. The zero-order valence-electron chi connectivity index (χ0n) is 26.4. The number of aromatic nitrogens is 2. The Kier molecular flexibility index (Phi) is 12.6. The van der Waals surface area contributed by atoms with Crippen LogP contribution in [0.5, 0.6) is 17.2 Å². The third kappa shape index (κ3) is 7.92. The minimum Gasteiger partial charge on any atom is -0.497 e. The maximum Gasteiger partial charge on any atom is 0.156 e. The number of fused-ring (bicyclic) bond motifs is 4. The van der Waals surface area contributed by atoms with Crippen LogP contribution in [0.25, 0.3) is 22.0 Å². The lowest BCUT2D eigenvalue weighted by Gasteiger charge is -2.44. The summed E-state index contributed by atoms with van der Waals surface area (Å²) in [7, 11) is 3.37. The van der Waals surface area contributed by atoms with Gasteiger partial charge < -0.3 is 19.5 Å². The zero-order valence-corrected chi connectivity index (χ0v) is 28.8. The predicted octanol–water partition coefficient (Wildman–Crippen LogP) is 7.13. The van der Waals surface area contributed by atoms with Gasteiger partial charge in [0.05, 0.1) is 14.2 Å². The van der Waals surface area contributed by atoms with Gasteiger partial charge in [0.15, 0.2) is 5.82 Å². The molecule has 8 nitrogen and oxygen atoms in total. The lowest BCUT2D eigenvalue weighted by molar-refractivity contribution is -0.00777. The van der Waals surface area contributed by atoms with Gasteiger partial charge in [-0.3, -0.25) is 9.80 Å². The van der Waals surface area contributed by atoms with Gasteiger partial charge in [-0.25, -0.2) is 0 Å². The van der Waals surface area contributed by atoms with E-state index in [4.69, 9.17) is 14.2 Å². The van der Waals surface area contributed by atoms with Crippen molar-refractivity contribution in [2.24, 2.45) is 5.92 Å². The highest BCUT2D eigenvalue weighted by molar-refractivity contribution is 6.00. The molecule has 4 aliphatic heterocycles. The fourth-order valence-electron chi connectivity index (χ4n) is 6.91. The summed E-state index contributed by atoms with van der Waals surface area (Å²) < 4.78 is 17.3. The molecule has 4 fully saturated rings. The molecule has 248 valence electrons. The van der Waals surface area contributed by atoms with Crippen LogP contribution in [-0.4, -0.2) is 79.1 Å². The highest BCUT2D eigenvalue weighted by Gasteiger charge is 2.35. The number of benzene rings is 3. The van der Waals surface area contributed by atoms with Crippen LogP contribution in [0, 0.1) is 5.92 Å². The van der Waals surface area contributed by atoms with E-state index < -0.39 is 0 Å². The van der Waals surface area contributed by atoms with Crippen molar-refractivity contribution < 1.29 is 14.2 Å². The Labute approximate surface area is 290 Å². The first-order valence-electron chi connectivity index (χ1n) is 15.6. The SMILES string of the molecule is COc1ccc(-c2nnc(NC3CCN(Cc4ccc(OC5CN6CCC5CC6)cc4)CC3)c3cc(OC)ccc23)cc1.Cl.Cl.Cl. The third-order valence-electron chi connectivity index (χ3n) is 9.49. The minimum absolute atomic E-state index is 0. The molecule has 1 N–H and O–H groups in total. The fourth-order valence-corrected chi connectivity index (χ4v) is 6.91. The molecule has 1 atom stereocenters. The number of nitrogens with one attached hydrogen (secondary N) is 1. The van der Waals surface area contributed by atoms with E-state index in [1.807, 2.05) is 30.3 Å². The molecule has 4 aromatic rings. The van der Waals surface area contributed by atoms with E-state index in [0.29, 0.717) is 12.1 Å². The van der Waals surface area contributed by atoms with Crippen molar-refractivity contribution >= 4 is 53.8 Å². The first-order valence-corrected chi connectivity index (χ1v) is 15.6. The summed E-state index contributed by atoms with van der Waals surface area (Å²) in [5.41, 5.74) is 3.19. The van der Waals surface area contributed by atoms with Gasteiger partial charge in [-0.15, -0.1) is 47.4 Å². The number of ether oxygens (including phenoxy) is 3. The quantitative estimate of drug-likeness (QED) is 0.199. The fraction of sp³-hybridized carbons (Fsp3) is 0.429. The number of halogens is 3. The van der Waals surface area contributed by atoms with Crippen LogP contribution < -0.4 is 19.5 Å². The average molecular weight is 689 g/mol. The van der Waals surface area contributed by atoms with Crippen molar-refractivity contribution in [1.82, 2.24) is 20.0 Å². The Hall–Kier alpha value is -3.01. The van der Waals surface area contributed by atoms with E-state index in [1.54, 1.807) is 14.2 Å². The highest BCUT2D eigenvalue weighted by Crippen LogP contribution is 2.34. The van der Waals surface area contributed by atoms with Crippen molar-refractivity contribution in [2.45, 2.75) is 44.4 Å². The van der Waals surface area contributed by atoms with Crippen molar-refractivity contribution in [3.8, 4) is 28.5 Å².